The lowest BCUT2D eigenvalue weighted by atomic mass is 10.2. The number of hydrogen-bond donors (Lipinski definition) is 1. The van der Waals surface area contributed by atoms with Gasteiger partial charge in [-0.25, -0.2) is 4.98 Å². The number of amides is 1. The molecule has 2 aromatic heterocycles. The first kappa shape index (κ1) is 16.0. The number of aryl methyl sites for hydroxylation is 1. The molecule has 0 aromatic carbocycles. The molecule has 1 amide bonds. The number of aromatic nitrogens is 1. The van der Waals surface area contributed by atoms with Crippen molar-refractivity contribution in [1.82, 2.24) is 15.2 Å². The normalized spacial score (nSPS) is 14.8. The molecule has 1 N–H and O–H groups in total. The summed E-state index contributed by atoms with van der Waals surface area (Å²) in [5.74, 6) is 1.46. The Morgan fingerprint density at radius 3 is 2.90 bits per heavy atom. The molecule has 0 unspecified atom stereocenters. The quantitative estimate of drug-likeness (QED) is 0.938. The molecule has 7 heteroatoms. The lowest BCUT2D eigenvalue weighted by Crippen LogP contribution is -2.47. The van der Waals surface area contributed by atoms with Gasteiger partial charge in [0.25, 0.3) is 0 Å². The first-order valence-electron chi connectivity index (χ1n) is 6.71. The first-order valence-corrected chi connectivity index (χ1v) is 7.65. The molecule has 0 atom stereocenters. The molecule has 3 heterocycles. The average molecular weight is 328 g/mol. The number of halogens is 1. The summed E-state index contributed by atoms with van der Waals surface area (Å²) < 4.78 is 5.66. The molecule has 114 valence electrons. The maximum atomic E-state index is 12.2. The van der Waals surface area contributed by atoms with Crippen LogP contribution in [0, 0.1) is 6.92 Å². The number of nitrogens with zero attached hydrogens (tertiary/aromatic N) is 2. The van der Waals surface area contributed by atoms with Crippen molar-refractivity contribution < 1.29 is 9.21 Å². The van der Waals surface area contributed by atoms with Gasteiger partial charge in [-0.05, 0) is 18.4 Å². The summed E-state index contributed by atoms with van der Waals surface area (Å²) in [5, 5.41) is 7.22. The summed E-state index contributed by atoms with van der Waals surface area (Å²) in [7, 11) is 0. The third-order valence-corrected chi connectivity index (χ3v) is 4.13. The van der Waals surface area contributed by atoms with Crippen LogP contribution in [-0.4, -0.2) is 42.0 Å². The second kappa shape index (κ2) is 7.06. The Morgan fingerprint density at radius 1 is 1.48 bits per heavy atom. The maximum Gasteiger partial charge on any atom is 0.228 e. The highest BCUT2D eigenvalue weighted by molar-refractivity contribution is 7.08. The second-order valence-electron chi connectivity index (χ2n) is 4.84. The predicted octanol–water partition coefficient (Wildman–Crippen LogP) is 2.11. The number of hydrogen-bond acceptors (Lipinski definition) is 5. The highest BCUT2D eigenvalue weighted by Crippen LogP contribution is 2.24. The fourth-order valence-corrected chi connectivity index (χ4v) is 2.90. The largest absolute Gasteiger partial charge is 0.441 e. The van der Waals surface area contributed by atoms with Gasteiger partial charge in [0.05, 0.1) is 12.1 Å². The van der Waals surface area contributed by atoms with Crippen molar-refractivity contribution in [2.45, 2.75) is 13.3 Å². The molecule has 2 aromatic rings. The molecule has 1 fully saturated rings. The van der Waals surface area contributed by atoms with Crippen LogP contribution in [0.1, 0.15) is 11.5 Å². The molecule has 5 nitrogen and oxygen atoms in total. The van der Waals surface area contributed by atoms with Gasteiger partial charge < -0.3 is 14.6 Å². The third-order valence-electron chi connectivity index (χ3n) is 3.45. The van der Waals surface area contributed by atoms with Crippen LogP contribution in [0.15, 0.2) is 21.2 Å². The number of carbonyl (C=O) groups excluding carboxylic acids is 1. The van der Waals surface area contributed by atoms with E-state index in [9.17, 15) is 4.79 Å². The van der Waals surface area contributed by atoms with Gasteiger partial charge in [0.1, 0.15) is 5.76 Å². The van der Waals surface area contributed by atoms with E-state index >= 15 is 0 Å². The molecule has 21 heavy (non-hydrogen) atoms. The van der Waals surface area contributed by atoms with Crippen molar-refractivity contribution >= 4 is 29.7 Å². The van der Waals surface area contributed by atoms with Crippen molar-refractivity contribution in [2.24, 2.45) is 0 Å². The zero-order valence-corrected chi connectivity index (χ0v) is 13.4. The van der Waals surface area contributed by atoms with Gasteiger partial charge in [-0.3, -0.25) is 4.79 Å². The Balaban J connectivity index is 0.00000161. The molecule has 1 aliphatic rings. The third kappa shape index (κ3) is 3.64. The summed E-state index contributed by atoms with van der Waals surface area (Å²) in [6.45, 7) is 5.14. The summed E-state index contributed by atoms with van der Waals surface area (Å²) in [4.78, 5) is 18.6. The van der Waals surface area contributed by atoms with Gasteiger partial charge >= 0.3 is 0 Å². The van der Waals surface area contributed by atoms with Crippen LogP contribution in [0.4, 0.5) is 0 Å². The van der Waals surface area contributed by atoms with Gasteiger partial charge in [0, 0.05) is 37.1 Å². The van der Waals surface area contributed by atoms with Crippen molar-refractivity contribution in [3.05, 3.63) is 28.3 Å². The van der Waals surface area contributed by atoms with Crippen molar-refractivity contribution in [3.63, 3.8) is 0 Å². The van der Waals surface area contributed by atoms with Crippen LogP contribution < -0.4 is 5.32 Å². The molecule has 0 radical (unpaired) electrons. The van der Waals surface area contributed by atoms with Crippen LogP contribution in [-0.2, 0) is 11.2 Å². The van der Waals surface area contributed by atoms with E-state index in [1.165, 1.54) is 0 Å². The van der Waals surface area contributed by atoms with Crippen LogP contribution >= 0.6 is 23.7 Å². The maximum absolute atomic E-state index is 12.2. The van der Waals surface area contributed by atoms with E-state index in [1.54, 1.807) is 11.3 Å². The molecular weight excluding hydrogens is 310 g/mol. The number of piperazine rings is 1. The van der Waals surface area contributed by atoms with Gasteiger partial charge in [0.2, 0.25) is 11.8 Å². The Hall–Kier alpha value is -1.37. The monoisotopic (exact) mass is 327 g/mol. The minimum absolute atomic E-state index is 0. The standard InChI is InChI=1S/C14H17N3O2S.ClH/c1-10-12(8-13(18)17-5-3-15-4-6-17)16-14(19-10)11-2-7-20-9-11;/h2,7,9,15H,3-6,8H2,1H3;1H. The van der Waals surface area contributed by atoms with Crippen molar-refractivity contribution in [1.29, 1.82) is 0 Å². The SMILES string of the molecule is Cc1oc(-c2ccsc2)nc1CC(=O)N1CCNCC1.Cl. The van der Waals surface area contributed by atoms with E-state index in [0.717, 1.165) is 43.2 Å². The van der Waals surface area contributed by atoms with Crippen LogP contribution in [0.25, 0.3) is 11.5 Å². The molecule has 0 aliphatic carbocycles. The van der Waals surface area contributed by atoms with E-state index < -0.39 is 0 Å². The Bertz CT molecular complexity index is 591. The molecule has 0 bridgehead atoms. The fourth-order valence-electron chi connectivity index (χ4n) is 2.27. The molecule has 1 aliphatic heterocycles. The first-order chi connectivity index (χ1) is 9.74. The van der Waals surface area contributed by atoms with E-state index in [2.05, 4.69) is 10.3 Å². The molecule has 1 saturated heterocycles. The zero-order valence-electron chi connectivity index (χ0n) is 11.8. The van der Waals surface area contributed by atoms with Crippen LogP contribution in [0.2, 0.25) is 0 Å². The van der Waals surface area contributed by atoms with Gasteiger partial charge in [0.15, 0.2) is 0 Å². The number of oxazole rings is 1. The number of carbonyl (C=O) groups is 1. The fraction of sp³-hybridized carbons (Fsp3) is 0.429. The Labute approximate surface area is 133 Å². The smallest absolute Gasteiger partial charge is 0.228 e. The van der Waals surface area contributed by atoms with Crippen LogP contribution in [0.5, 0.6) is 0 Å². The molecule has 0 saturated carbocycles. The number of nitrogens with one attached hydrogen (secondary N) is 1. The highest BCUT2D eigenvalue weighted by Gasteiger charge is 2.20. The predicted molar refractivity (Wildman–Crippen MR) is 85.0 cm³/mol. The number of thiophene rings is 1. The van der Waals surface area contributed by atoms with E-state index in [-0.39, 0.29) is 18.3 Å². The van der Waals surface area contributed by atoms with Crippen molar-refractivity contribution in [3.8, 4) is 11.5 Å². The molecule has 3 rings (SSSR count). The number of rotatable bonds is 3. The van der Waals surface area contributed by atoms with Crippen LogP contribution in [0.3, 0.4) is 0 Å². The summed E-state index contributed by atoms with van der Waals surface area (Å²) >= 11 is 1.60. The van der Waals surface area contributed by atoms with E-state index in [4.69, 9.17) is 4.42 Å². The topological polar surface area (TPSA) is 58.4 Å². The van der Waals surface area contributed by atoms with Gasteiger partial charge in [-0.2, -0.15) is 11.3 Å². The minimum atomic E-state index is 0. The Morgan fingerprint density at radius 2 is 2.24 bits per heavy atom. The molecular formula is C14H18ClN3O2S. The zero-order chi connectivity index (χ0) is 13.9. The average Bonchev–Trinajstić information content (AvgIpc) is 3.10. The molecule has 0 spiro atoms. The lowest BCUT2D eigenvalue weighted by Gasteiger charge is -2.27. The van der Waals surface area contributed by atoms with Crippen molar-refractivity contribution in [2.75, 3.05) is 26.2 Å². The highest BCUT2D eigenvalue weighted by atomic mass is 35.5. The lowest BCUT2D eigenvalue weighted by molar-refractivity contribution is -0.131. The van der Waals surface area contributed by atoms with E-state index in [1.807, 2.05) is 28.7 Å². The Kier molecular flexibility index (Phi) is 5.39. The summed E-state index contributed by atoms with van der Waals surface area (Å²) in [6.07, 6.45) is 0.319. The minimum Gasteiger partial charge on any atom is -0.441 e. The second-order valence-corrected chi connectivity index (χ2v) is 5.62. The van der Waals surface area contributed by atoms with E-state index in [0.29, 0.717) is 12.3 Å². The van der Waals surface area contributed by atoms with Gasteiger partial charge in [-0.1, -0.05) is 0 Å². The summed E-state index contributed by atoms with van der Waals surface area (Å²) in [6, 6.07) is 1.97. The summed E-state index contributed by atoms with van der Waals surface area (Å²) in [5.41, 5.74) is 1.72. The van der Waals surface area contributed by atoms with Gasteiger partial charge in [-0.15, -0.1) is 12.4 Å².